The van der Waals surface area contributed by atoms with E-state index in [1.165, 1.54) is 4.90 Å². The molecular formula is C17H24N4O4. The topological polar surface area (TPSA) is 99.8 Å². The fourth-order valence-electron chi connectivity index (χ4n) is 1.96. The highest BCUT2D eigenvalue weighted by Crippen LogP contribution is 2.25. The van der Waals surface area contributed by atoms with Gasteiger partial charge in [-0.3, -0.25) is 14.9 Å². The van der Waals surface area contributed by atoms with Crippen molar-refractivity contribution in [2.75, 3.05) is 32.6 Å². The van der Waals surface area contributed by atoms with Crippen LogP contribution in [0, 0.1) is 6.92 Å². The molecule has 1 aliphatic carbocycles. The molecule has 25 heavy (non-hydrogen) atoms. The van der Waals surface area contributed by atoms with E-state index >= 15 is 0 Å². The molecule has 1 aromatic carbocycles. The number of rotatable bonds is 7. The van der Waals surface area contributed by atoms with Gasteiger partial charge >= 0.3 is 6.03 Å². The van der Waals surface area contributed by atoms with E-state index in [1.807, 2.05) is 13.0 Å². The monoisotopic (exact) mass is 348 g/mol. The molecule has 0 unspecified atom stereocenters. The maximum Gasteiger partial charge on any atom is 0.321 e. The molecule has 0 atom stereocenters. The number of carbonyl (C=O) groups is 3. The molecule has 0 aliphatic heterocycles. The second kappa shape index (κ2) is 8.36. The number of hydrogen-bond donors (Lipinski definition) is 3. The number of nitrogens with zero attached hydrogens (tertiary/aromatic N) is 1. The van der Waals surface area contributed by atoms with Crippen molar-refractivity contribution in [2.24, 2.45) is 0 Å². The number of urea groups is 1. The first-order chi connectivity index (χ1) is 11.8. The van der Waals surface area contributed by atoms with Crippen molar-refractivity contribution < 1.29 is 19.1 Å². The van der Waals surface area contributed by atoms with Gasteiger partial charge < -0.3 is 20.3 Å². The summed E-state index contributed by atoms with van der Waals surface area (Å²) in [5.74, 6) is -0.138. The fraction of sp³-hybridized carbons (Fsp3) is 0.471. The van der Waals surface area contributed by atoms with Crippen LogP contribution in [0.2, 0.25) is 0 Å². The maximum absolute atomic E-state index is 11.8. The molecule has 1 aliphatic rings. The first kappa shape index (κ1) is 18.6. The molecule has 0 radical (unpaired) electrons. The molecule has 3 N–H and O–H groups in total. The summed E-state index contributed by atoms with van der Waals surface area (Å²) in [6.45, 7) is 1.72. The Kier molecular flexibility index (Phi) is 6.21. The van der Waals surface area contributed by atoms with Gasteiger partial charge in [-0.15, -0.1) is 0 Å². The number of ether oxygens (including phenoxy) is 1. The molecule has 0 aromatic heterocycles. The Balaban J connectivity index is 1.88. The van der Waals surface area contributed by atoms with Crippen LogP contribution in [0.5, 0.6) is 5.75 Å². The first-order valence-electron chi connectivity index (χ1n) is 8.13. The highest BCUT2D eigenvalue weighted by molar-refractivity contribution is 5.96. The molecule has 1 fully saturated rings. The lowest BCUT2D eigenvalue weighted by Gasteiger charge is -2.15. The van der Waals surface area contributed by atoms with E-state index in [0.717, 1.165) is 18.4 Å². The number of anilines is 1. The number of likely N-dealkylation sites (N-methyl/N-ethyl adjacent to an activating group) is 1. The molecule has 8 nitrogen and oxygen atoms in total. The van der Waals surface area contributed by atoms with Crippen LogP contribution in [-0.4, -0.2) is 56.0 Å². The second-order valence-electron chi connectivity index (χ2n) is 6.23. The maximum atomic E-state index is 11.8. The SMILES string of the molecule is Cc1ccc(NCC(=O)NC(=O)NC2CC2)c(OCC(=O)N(C)C)c1. The van der Waals surface area contributed by atoms with Gasteiger partial charge in [-0.05, 0) is 37.5 Å². The largest absolute Gasteiger partial charge is 0.482 e. The normalized spacial score (nSPS) is 12.9. The Morgan fingerprint density at radius 2 is 1.96 bits per heavy atom. The summed E-state index contributed by atoms with van der Waals surface area (Å²) in [4.78, 5) is 36.5. The van der Waals surface area contributed by atoms with Crippen molar-refractivity contribution >= 4 is 23.5 Å². The molecule has 8 heteroatoms. The zero-order valence-corrected chi connectivity index (χ0v) is 14.7. The molecule has 0 spiro atoms. The van der Waals surface area contributed by atoms with Crippen molar-refractivity contribution in [3.8, 4) is 5.75 Å². The van der Waals surface area contributed by atoms with E-state index in [4.69, 9.17) is 4.74 Å². The van der Waals surface area contributed by atoms with E-state index < -0.39 is 11.9 Å². The summed E-state index contributed by atoms with van der Waals surface area (Å²) < 4.78 is 5.55. The van der Waals surface area contributed by atoms with E-state index in [9.17, 15) is 14.4 Å². The van der Waals surface area contributed by atoms with Crippen LogP contribution in [-0.2, 0) is 9.59 Å². The molecule has 1 aromatic rings. The average Bonchev–Trinajstić information content (AvgIpc) is 3.35. The molecule has 136 valence electrons. The minimum absolute atomic E-state index is 0.0842. The van der Waals surface area contributed by atoms with Crippen LogP contribution in [0.25, 0.3) is 0 Å². The van der Waals surface area contributed by atoms with Gasteiger partial charge in [0.15, 0.2) is 6.61 Å². The number of aryl methyl sites for hydroxylation is 1. The number of nitrogens with one attached hydrogen (secondary N) is 3. The fourth-order valence-corrected chi connectivity index (χ4v) is 1.96. The number of imide groups is 1. The molecular weight excluding hydrogens is 324 g/mol. The Morgan fingerprint density at radius 3 is 2.60 bits per heavy atom. The minimum atomic E-state index is -0.480. The highest BCUT2D eigenvalue weighted by atomic mass is 16.5. The van der Waals surface area contributed by atoms with E-state index in [1.54, 1.807) is 26.2 Å². The van der Waals surface area contributed by atoms with E-state index in [0.29, 0.717) is 11.4 Å². The first-order valence-corrected chi connectivity index (χ1v) is 8.13. The minimum Gasteiger partial charge on any atom is -0.482 e. The zero-order valence-electron chi connectivity index (χ0n) is 14.7. The Hall–Kier alpha value is -2.77. The van der Waals surface area contributed by atoms with Crippen molar-refractivity contribution in [3.63, 3.8) is 0 Å². The van der Waals surface area contributed by atoms with Crippen LogP contribution in [0.1, 0.15) is 18.4 Å². The van der Waals surface area contributed by atoms with E-state index in [-0.39, 0.29) is 25.1 Å². The summed E-state index contributed by atoms with van der Waals surface area (Å²) in [5, 5.41) is 7.87. The van der Waals surface area contributed by atoms with Crippen LogP contribution in [0.3, 0.4) is 0 Å². The molecule has 0 heterocycles. The van der Waals surface area contributed by atoms with Crippen LogP contribution in [0.15, 0.2) is 18.2 Å². The van der Waals surface area contributed by atoms with E-state index in [2.05, 4.69) is 16.0 Å². The van der Waals surface area contributed by atoms with Gasteiger partial charge in [0, 0.05) is 20.1 Å². The second-order valence-corrected chi connectivity index (χ2v) is 6.23. The highest BCUT2D eigenvalue weighted by Gasteiger charge is 2.23. The van der Waals surface area contributed by atoms with Crippen LogP contribution in [0.4, 0.5) is 10.5 Å². The van der Waals surface area contributed by atoms with Crippen LogP contribution < -0.4 is 20.7 Å². The summed E-state index contributed by atoms with van der Waals surface area (Å²) in [7, 11) is 3.30. The molecule has 4 amide bonds. The van der Waals surface area contributed by atoms with Gasteiger partial charge in [0.2, 0.25) is 5.91 Å². The van der Waals surface area contributed by atoms with Crippen molar-refractivity contribution in [1.82, 2.24) is 15.5 Å². The molecule has 2 rings (SSSR count). The third-order valence-corrected chi connectivity index (χ3v) is 3.59. The van der Waals surface area contributed by atoms with Gasteiger partial charge in [-0.2, -0.15) is 0 Å². The predicted molar refractivity (Wildman–Crippen MR) is 93.6 cm³/mol. The molecule has 0 bridgehead atoms. The lowest BCUT2D eigenvalue weighted by molar-refractivity contribution is -0.130. The number of benzene rings is 1. The standard InChI is InChI=1S/C17H24N4O4/c1-11-4-7-13(14(8-11)25-10-16(23)21(2)3)18-9-15(22)20-17(24)19-12-5-6-12/h4,7-8,12,18H,5-6,9-10H2,1-3H3,(H2,19,20,22,24). The Bertz CT molecular complexity index is 656. The molecule has 0 saturated heterocycles. The van der Waals surface area contributed by atoms with Crippen molar-refractivity contribution in [3.05, 3.63) is 23.8 Å². The predicted octanol–water partition coefficient (Wildman–Crippen LogP) is 0.862. The van der Waals surface area contributed by atoms with Gasteiger partial charge in [0.25, 0.3) is 5.91 Å². The average molecular weight is 348 g/mol. The van der Waals surface area contributed by atoms with Gasteiger partial charge in [0.05, 0.1) is 12.2 Å². The zero-order chi connectivity index (χ0) is 18.4. The number of amides is 4. The molecule has 1 saturated carbocycles. The van der Waals surface area contributed by atoms with Crippen molar-refractivity contribution in [2.45, 2.75) is 25.8 Å². The van der Waals surface area contributed by atoms with Gasteiger partial charge in [-0.25, -0.2) is 4.79 Å². The lowest BCUT2D eigenvalue weighted by atomic mass is 10.2. The summed E-state index contributed by atoms with van der Waals surface area (Å²) in [6, 6.07) is 5.12. The Morgan fingerprint density at radius 1 is 1.24 bits per heavy atom. The third-order valence-electron chi connectivity index (χ3n) is 3.59. The van der Waals surface area contributed by atoms with Gasteiger partial charge in [-0.1, -0.05) is 6.07 Å². The number of carbonyl (C=O) groups excluding carboxylic acids is 3. The summed E-state index contributed by atoms with van der Waals surface area (Å²) in [5.41, 5.74) is 1.54. The van der Waals surface area contributed by atoms with Crippen LogP contribution >= 0.6 is 0 Å². The lowest BCUT2D eigenvalue weighted by Crippen LogP contribution is -2.42. The Labute approximate surface area is 146 Å². The smallest absolute Gasteiger partial charge is 0.321 e. The van der Waals surface area contributed by atoms with Crippen molar-refractivity contribution in [1.29, 1.82) is 0 Å². The summed E-state index contributed by atoms with van der Waals surface area (Å²) >= 11 is 0. The van der Waals surface area contributed by atoms with Gasteiger partial charge in [0.1, 0.15) is 5.75 Å². The third kappa shape index (κ3) is 6.33. The quantitative estimate of drug-likeness (QED) is 0.679. The number of hydrogen-bond acceptors (Lipinski definition) is 5. The summed E-state index contributed by atoms with van der Waals surface area (Å²) in [6.07, 6.45) is 1.91.